The van der Waals surface area contributed by atoms with E-state index in [9.17, 15) is 22.8 Å². The van der Waals surface area contributed by atoms with Crippen LogP contribution in [0.5, 0.6) is 0 Å². The number of hydrogen-bond acceptors (Lipinski definition) is 4. The van der Waals surface area contributed by atoms with Gasteiger partial charge in [0.1, 0.15) is 6.54 Å². The lowest BCUT2D eigenvalue weighted by Crippen LogP contribution is -2.39. The molecule has 1 aromatic heterocycles. The van der Waals surface area contributed by atoms with E-state index in [0.29, 0.717) is 11.7 Å². The number of carbonyl (C=O) groups is 2. The van der Waals surface area contributed by atoms with E-state index in [1.165, 1.54) is 28.4 Å². The van der Waals surface area contributed by atoms with Gasteiger partial charge in [-0.15, -0.1) is 11.3 Å². The predicted molar refractivity (Wildman–Crippen MR) is 100 cm³/mol. The van der Waals surface area contributed by atoms with Gasteiger partial charge >= 0.3 is 6.18 Å². The van der Waals surface area contributed by atoms with Crippen LogP contribution in [0.4, 0.5) is 18.3 Å². The van der Waals surface area contributed by atoms with Gasteiger partial charge in [-0.3, -0.25) is 9.59 Å². The van der Waals surface area contributed by atoms with Crippen molar-refractivity contribution < 1.29 is 22.8 Å². The Kier molecular flexibility index (Phi) is 5.74. The van der Waals surface area contributed by atoms with Gasteiger partial charge in [0.05, 0.1) is 11.3 Å². The Morgan fingerprint density at radius 3 is 2.57 bits per heavy atom. The number of benzene rings is 1. The Morgan fingerprint density at radius 2 is 2.00 bits per heavy atom. The molecule has 3 rings (SSSR count). The molecule has 1 N–H and O–H groups in total. The van der Waals surface area contributed by atoms with Crippen molar-refractivity contribution in [1.82, 2.24) is 9.88 Å². The van der Waals surface area contributed by atoms with Crippen LogP contribution >= 0.6 is 11.3 Å². The first-order chi connectivity index (χ1) is 13.1. The average Bonchev–Trinajstić information content (AvgIpc) is 3.38. The van der Waals surface area contributed by atoms with Gasteiger partial charge in [0.2, 0.25) is 5.91 Å². The van der Waals surface area contributed by atoms with Gasteiger partial charge in [-0.25, -0.2) is 4.98 Å². The molecular weight excluding hydrogens is 391 g/mol. The first kappa shape index (κ1) is 20.3. The highest BCUT2D eigenvalue weighted by Gasteiger charge is 2.33. The number of anilines is 1. The highest BCUT2D eigenvalue weighted by atomic mass is 32.1. The number of thiazole rings is 1. The van der Waals surface area contributed by atoms with E-state index < -0.39 is 23.6 Å². The molecule has 5 nitrogen and oxygen atoms in total. The summed E-state index contributed by atoms with van der Waals surface area (Å²) in [6, 6.07) is 4.28. The molecule has 1 aliphatic rings. The number of rotatable bonds is 6. The van der Waals surface area contributed by atoms with Crippen LogP contribution in [-0.4, -0.2) is 34.8 Å². The summed E-state index contributed by atoms with van der Waals surface area (Å²) in [6.45, 7) is 3.83. The van der Waals surface area contributed by atoms with Crippen molar-refractivity contribution in [2.75, 3.05) is 18.4 Å². The Hall–Kier alpha value is -2.42. The van der Waals surface area contributed by atoms with Crippen LogP contribution in [-0.2, 0) is 11.0 Å². The summed E-state index contributed by atoms with van der Waals surface area (Å²) in [5, 5.41) is 3.11. The summed E-state index contributed by atoms with van der Waals surface area (Å²) < 4.78 is 38.8. The maximum atomic E-state index is 12.9. The van der Waals surface area contributed by atoms with Crippen LogP contribution in [0.1, 0.15) is 39.3 Å². The molecule has 28 heavy (non-hydrogen) atoms. The molecule has 0 unspecified atom stereocenters. The van der Waals surface area contributed by atoms with Crippen LogP contribution < -0.4 is 5.32 Å². The molecular formula is C19H20F3N3O2S. The maximum Gasteiger partial charge on any atom is 0.416 e. The maximum absolute atomic E-state index is 12.9. The molecule has 9 heteroatoms. The minimum absolute atomic E-state index is 0.0794. The van der Waals surface area contributed by atoms with Gasteiger partial charge in [-0.2, -0.15) is 13.2 Å². The quantitative estimate of drug-likeness (QED) is 0.772. The number of nitrogens with one attached hydrogen (secondary N) is 1. The first-order valence-electron chi connectivity index (χ1n) is 8.84. The fourth-order valence-corrected chi connectivity index (χ4v) is 3.53. The third-order valence-electron chi connectivity index (χ3n) is 4.51. The smallest absolute Gasteiger partial charge is 0.329 e. The zero-order valence-corrected chi connectivity index (χ0v) is 16.3. The predicted octanol–water partition coefficient (Wildman–Crippen LogP) is 4.27. The van der Waals surface area contributed by atoms with Gasteiger partial charge in [0.25, 0.3) is 5.91 Å². The molecule has 0 spiro atoms. The standard InChI is InChI=1S/C19H20F3N3O2S/c1-11-12(2)28-18(23-11)24-16(26)10-25(9-13-6-7-13)17(27)14-4-3-5-15(8-14)19(20,21)22/h3-5,8,13H,6-7,9-10H2,1-2H3,(H,23,24,26). The zero-order chi connectivity index (χ0) is 20.5. The number of amides is 2. The Labute approximate surface area is 164 Å². The van der Waals surface area contributed by atoms with E-state index in [-0.39, 0.29) is 18.0 Å². The molecule has 1 fully saturated rings. The molecule has 0 aliphatic heterocycles. The van der Waals surface area contributed by atoms with Gasteiger partial charge in [-0.1, -0.05) is 6.07 Å². The van der Waals surface area contributed by atoms with Crippen molar-refractivity contribution in [3.8, 4) is 0 Å². The van der Waals surface area contributed by atoms with Crippen molar-refractivity contribution in [3.63, 3.8) is 0 Å². The molecule has 0 atom stereocenters. The van der Waals surface area contributed by atoms with E-state index in [4.69, 9.17) is 0 Å². The number of alkyl halides is 3. The van der Waals surface area contributed by atoms with Crippen molar-refractivity contribution in [3.05, 3.63) is 46.0 Å². The lowest BCUT2D eigenvalue weighted by atomic mass is 10.1. The number of aromatic nitrogens is 1. The number of halogens is 3. The van der Waals surface area contributed by atoms with E-state index in [1.807, 2.05) is 13.8 Å². The molecule has 1 saturated carbocycles. The van der Waals surface area contributed by atoms with Crippen molar-refractivity contribution in [2.24, 2.45) is 5.92 Å². The molecule has 1 aliphatic carbocycles. The van der Waals surface area contributed by atoms with Gasteiger partial charge < -0.3 is 10.2 Å². The van der Waals surface area contributed by atoms with Crippen molar-refractivity contribution in [2.45, 2.75) is 32.9 Å². The molecule has 2 amide bonds. The lowest BCUT2D eigenvalue weighted by molar-refractivity contribution is -0.137. The largest absolute Gasteiger partial charge is 0.416 e. The Bertz CT molecular complexity index is 871. The highest BCUT2D eigenvalue weighted by molar-refractivity contribution is 7.15. The molecule has 0 radical (unpaired) electrons. The molecule has 0 bridgehead atoms. The zero-order valence-electron chi connectivity index (χ0n) is 15.5. The second-order valence-corrected chi connectivity index (χ2v) is 8.12. The SMILES string of the molecule is Cc1nc(NC(=O)CN(CC2CC2)C(=O)c2cccc(C(F)(F)F)c2)sc1C. The monoisotopic (exact) mass is 411 g/mol. The molecule has 0 saturated heterocycles. The topological polar surface area (TPSA) is 62.3 Å². The third-order valence-corrected chi connectivity index (χ3v) is 5.50. The van der Waals surface area contributed by atoms with E-state index >= 15 is 0 Å². The third kappa shape index (κ3) is 5.09. The molecule has 1 aromatic carbocycles. The van der Waals surface area contributed by atoms with Crippen LogP contribution in [0.2, 0.25) is 0 Å². The number of carbonyl (C=O) groups excluding carboxylic acids is 2. The van der Waals surface area contributed by atoms with Gasteiger partial charge in [-0.05, 0) is 50.8 Å². The molecule has 150 valence electrons. The van der Waals surface area contributed by atoms with Crippen LogP contribution in [0.3, 0.4) is 0 Å². The van der Waals surface area contributed by atoms with Crippen LogP contribution in [0.25, 0.3) is 0 Å². The first-order valence-corrected chi connectivity index (χ1v) is 9.65. The summed E-state index contributed by atoms with van der Waals surface area (Å²) in [4.78, 5) is 31.7. The number of aryl methyl sites for hydroxylation is 2. The van der Waals surface area contributed by atoms with Gasteiger partial charge in [0, 0.05) is 17.0 Å². The Balaban J connectivity index is 1.74. The summed E-state index contributed by atoms with van der Waals surface area (Å²) in [6.07, 6.45) is -2.65. The molecule has 1 heterocycles. The minimum atomic E-state index is -4.53. The van der Waals surface area contributed by atoms with E-state index in [0.717, 1.165) is 35.5 Å². The average molecular weight is 411 g/mol. The Morgan fingerprint density at radius 1 is 1.29 bits per heavy atom. The summed E-state index contributed by atoms with van der Waals surface area (Å²) >= 11 is 1.33. The lowest BCUT2D eigenvalue weighted by Gasteiger charge is -2.22. The van der Waals surface area contributed by atoms with Crippen molar-refractivity contribution >= 4 is 28.3 Å². The van der Waals surface area contributed by atoms with Gasteiger partial charge in [0.15, 0.2) is 5.13 Å². The number of nitrogens with zero attached hydrogens (tertiary/aromatic N) is 2. The van der Waals surface area contributed by atoms with E-state index in [2.05, 4.69) is 10.3 Å². The molecule has 2 aromatic rings. The minimum Gasteiger partial charge on any atom is -0.329 e. The summed E-state index contributed by atoms with van der Waals surface area (Å²) in [5.41, 5.74) is -0.151. The number of hydrogen-bond donors (Lipinski definition) is 1. The fourth-order valence-electron chi connectivity index (χ4n) is 2.70. The summed E-state index contributed by atoms with van der Waals surface area (Å²) in [5.74, 6) is -0.721. The van der Waals surface area contributed by atoms with Crippen molar-refractivity contribution in [1.29, 1.82) is 0 Å². The highest BCUT2D eigenvalue weighted by Crippen LogP contribution is 2.32. The van der Waals surface area contributed by atoms with Crippen LogP contribution in [0, 0.1) is 19.8 Å². The second kappa shape index (κ2) is 7.90. The fraction of sp³-hybridized carbons (Fsp3) is 0.421. The van der Waals surface area contributed by atoms with E-state index in [1.54, 1.807) is 0 Å². The summed E-state index contributed by atoms with van der Waals surface area (Å²) in [7, 11) is 0. The van der Waals surface area contributed by atoms with Crippen LogP contribution in [0.15, 0.2) is 24.3 Å². The second-order valence-electron chi connectivity index (χ2n) is 6.92. The normalized spacial score (nSPS) is 14.0.